The molecule has 0 amide bonds. The number of ether oxygens (including phenoxy) is 2. The number of aromatic nitrogens is 1. The van der Waals surface area contributed by atoms with Crippen LogP contribution in [-0.4, -0.2) is 29.3 Å². The molecule has 0 radical (unpaired) electrons. The van der Waals surface area contributed by atoms with Crippen molar-refractivity contribution >= 4 is 16.5 Å². The number of nitrogens with zero attached hydrogens (tertiary/aromatic N) is 2. The van der Waals surface area contributed by atoms with Crippen LogP contribution >= 0.6 is 11.3 Å². The predicted octanol–water partition coefficient (Wildman–Crippen LogP) is 5.50. The summed E-state index contributed by atoms with van der Waals surface area (Å²) >= 11 is 1.57. The molecule has 2 unspecified atom stereocenters. The molecule has 0 aliphatic carbocycles. The fourth-order valence-electron chi connectivity index (χ4n) is 3.67. The molecule has 31 heavy (non-hydrogen) atoms. The molecule has 0 spiro atoms. The Labute approximate surface area is 185 Å². The molecule has 5 rings (SSSR count). The standard InChI is InChI=1S/C25H22N2O3S/c28-23-14-8-7-13-21(23)24-27(15-20(30-24)16-29-19-11-5-2-6-12-19)25-26-22(17-31-25)18-9-3-1-4-10-18/h1-14,17,20,24,28H,15-16H2. The number of aromatic hydroxyl groups is 1. The normalized spacial score (nSPS) is 18.3. The van der Waals surface area contributed by atoms with Gasteiger partial charge in [-0.15, -0.1) is 11.3 Å². The molecule has 2 atom stereocenters. The van der Waals surface area contributed by atoms with E-state index in [2.05, 4.69) is 22.4 Å². The van der Waals surface area contributed by atoms with Crippen molar-refractivity contribution in [2.45, 2.75) is 12.3 Å². The van der Waals surface area contributed by atoms with Gasteiger partial charge < -0.3 is 19.5 Å². The number of thiazole rings is 1. The van der Waals surface area contributed by atoms with Crippen LogP contribution in [0.25, 0.3) is 11.3 Å². The molecule has 3 aromatic carbocycles. The van der Waals surface area contributed by atoms with Crippen molar-refractivity contribution in [2.24, 2.45) is 0 Å². The Morgan fingerprint density at radius 2 is 1.68 bits per heavy atom. The van der Waals surface area contributed by atoms with Crippen LogP contribution in [0, 0.1) is 0 Å². The van der Waals surface area contributed by atoms with Gasteiger partial charge >= 0.3 is 0 Å². The van der Waals surface area contributed by atoms with Crippen molar-refractivity contribution < 1.29 is 14.6 Å². The molecular formula is C25H22N2O3S. The van der Waals surface area contributed by atoms with Crippen LogP contribution in [0.3, 0.4) is 0 Å². The van der Waals surface area contributed by atoms with Gasteiger partial charge in [-0.2, -0.15) is 0 Å². The molecule has 1 aliphatic rings. The third-order valence-electron chi connectivity index (χ3n) is 5.19. The summed E-state index contributed by atoms with van der Waals surface area (Å²) in [6, 6.07) is 27.1. The number of para-hydroxylation sites is 2. The van der Waals surface area contributed by atoms with Gasteiger partial charge in [0.25, 0.3) is 0 Å². The van der Waals surface area contributed by atoms with Crippen LogP contribution in [0.15, 0.2) is 90.3 Å². The second-order valence-electron chi connectivity index (χ2n) is 7.33. The maximum atomic E-state index is 10.5. The summed E-state index contributed by atoms with van der Waals surface area (Å²) in [6.07, 6.45) is -0.589. The summed E-state index contributed by atoms with van der Waals surface area (Å²) in [4.78, 5) is 6.97. The molecular weight excluding hydrogens is 408 g/mol. The lowest BCUT2D eigenvalue weighted by atomic mass is 10.1. The lowest BCUT2D eigenvalue weighted by Crippen LogP contribution is -2.26. The summed E-state index contributed by atoms with van der Waals surface area (Å²) in [5.74, 6) is 1.02. The number of hydrogen-bond acceptors (Lipinski definition) is 6. The van der Waals surface area contributed by atoms with Crippen LogP contribution in [0.1, 0.15) is 11.8 Å². The molecule has 5 nitrogen and oxygen atoms in total. The molecule has 1 aliphatic heterocycles. The van der Waals surface area contributed by atoms with Gasteiger partial charge in [0.05, 0.1) is 12.2 Å². The van der Waals surface area contributed by atoms with Crippen molar-refractivity contribution in [3.8, 4) is 22.8 Å². The molecule has 1 N–H and O–H groups in total. The van der Waals surface area contributed by atoms with E-state index in [1.54, 1.807) is 17.4 Å². The van der Waals surface area contributed by atoms with Gasteiger partial charge in [0, 0.05) is 16.5 Å². The van der Waals surface area contributed by atoms with Crippen molar-refractivity contribution in [3.63, 3.8) is 0 Å². The maximum Gasteiger partial charge on any atom is 0.188 e. The molecule has 6 heteroatoms. The molecule has 1 fully saturated rings. The number of rotatable bonds is 6. The van der Waals surface area contributed by atoms with Crippen LogP contribution < -0.4 is 9.64 Å². The van der Waals surface area contributed by atoms with Gasteiger partial charge in [0.2, 0.25) is 0 Å². The van der Waals surface area contributed by atoms with E-state index < -0.39 is 6.23 Å². The second kappa shape index (κ2) is 8.79. The minimum absolute atomic E-state index is 0.158. The van der Waals surface area contributed by atoms with Gasteiger partial charge in [0.15, 0.2) is 11.4 Å². The monoisotopic (exact) mass is 430 g/mol. The van der Waals surface area contributed by atoms with E-state index in [9.17, 15) is 5.11 Å². The zero-order chi connectivity index (χ0) is 21.0. The SMILES string of the molecule is Oc1ccccc1C1OC(COc2ccccc2)CN1c1nc(-c2ccccc2)cs1. The van der Waals surface area contributed by atoms with Gasteiger partial charge in [-0.1, -0.05) is 66.7 Å². The average molecular weight is 431 g/mol. The minimum Gasteiger partial charge on any atom is -0.507 e. The van der Waals surface area contributed by atoms with Crippen LogP contribution in [-0.2, 0) is 4.74 Å². The van der Waals surface area contributed by atoms with E-state index in [0.717, 1.165) is 27.7 Å². The minimum atomic E-state index is -0.430. The third-order valence-corrected chi connectivity index (χ3v) is 6.07. The van der Waals surface area contributed by atoms with Crippen LogP contribution in [0.5, 0.6) is 11.5 Å². The first-order chi connectivity index (χ1) is 15.3. The first-order valence-electron chi connectivity index (χ1n) is 10.2. The highest BCUT2D eigenvalue weighted by atomic mass is 32.1. The van der Waals surface area contributed by atoms with Gasteiger partial charge in [-0.25, -0.2) is 4.98 Å². The molecule has 0 bridgehead atoms. The van der Waals surface area contributed by atoms with Gasteiger partial charge in [-0.05, 0) is 18.2 Å². The molecule has 4 aromatic rings. The summed E-state index contributed by atoms with van der Waals surface area (Å²) in [6.45, 7) is 1.04. The third kappa shape index (κ3) is 4.26. The Balaban J connectivity index is 1.40. The quantitative estimate of drug-likeness (QED) is 0.438. The van der Waals surface area contributed by atoms with Crippen molar-refractivity contribution in [1.29, 1.82) is 0 Å². The molecule has 1 aromatic heterocycles. The zero-order valence-corrected chi connectivity index (χ0v) is 17.6. The highest BCUT2D eigenvalue weighted by molar-refractivity contribution is 7.14. The van der Waals surface area contributed by atoms with E-state index in [-0.39, 0.29) is 11.9 Å². The van der Waals surface area contributed by atoms with E-state index in [1.807, 2.05) is 66.7 Å². The zero-order valence-electron chi connectivity index (χ0n) is 16.8. The average Bonchev–Trinajstić information content (AvgIpc) is 3.47. The predicted molar refractivity (Wildman–Crippen MR) is 123 cm³/mol. The number of hydrogen-bond donors (Lipinski definition) is 1. The van der Waals surface area contributed by atoms with E-state index in [4.69, 9.17) is 14.5 Å². The second-order valence-corrected chi connectivity index (χ2v) is 8.16. The summed E-state index contributed by atoms with van der Waals surface area (Å²) in [5, 5.41) is 13.4. The Morgan fingerprint density at radius 3 is 2.45 bits per heavy atom. The number of phenols is 1. The fraction of sp³-hybridized carbons (Fsp3) is 0.160. The van der Waals surface area contributed by atoms with Gasteiger partial charge in [-0.3, -0.25) is 0 Å². The van der Waals surface area contributed by atoms with Crippen molar-refractivity contribution in [2.75, 3.05) is 18.1 Å². The summed E-state index contributed by atoms with van der Waals surface area (Å²) in [5.41, 5.74) is 2.73. The lowest BCUT2D eigenvalue weighted by molar-refractivity contribution is 0.0199. The largest absolute Gasteiger partial charge is 0.507 e. The molecule has 156 valence electrons. The van der Waals surface area contributed by atoms with Crippen LogP contribution in [0.4, 0.5) is 5.13 Å². The Kier molecular flexibility index (Phi) is 5.56. The maximum absolute atomic E-state index is 10.5. The van der Waals surface area contributed by atoms with E-state index >= 15 is 0 Å². The first kappa shape index (κ1) is 19.6. The fourth-order valence-corrected chi connectivity index (χ4v) is 4.53. The highest BCUT2D eigenvalue weighted by Crippen LogP contribution is 2.40. The lowest BCUT2D eigenvalue weighted by Gasteiger charge is -2.23. The van der Waals surface area contributed by atoms with E-state index in [1.165, 1.54) is 0 Å². The number of phenolic OH excluding ortho intramolecular Hbond substituents is 1. The number of anilines is 1. The Morgan fingerprint density at radius 1 is 0.968 bits per heavy atom. The van der Waals surface area contributed by atoms with Gasteiger partial charge in [0.1, 0.15) is 24.2 Å². The van der Waals surface area contributed by atoms with E-state index in [0.29, 0.717) is 13.2 Å². The van der Waals surface area contributed by atoms with Crippen molar-refractivity contribution in [1.82, 2.24) is 4.98 Å². The number of benzene rings is 3. The smallest absolute Gasteiger partial charge is 0.188 e. The highest BCUT2D eigenvalue weighted by Gasteiger charge is 2.37. The first-order valence-corrected chi connectivity index (χ1v) is 11.0. The molecule has 1 saturated heterocycles. The van der Waals surface area contributed by atoms with Crippen molar-refractivity contribution in [3.05, 3.63) is 95.9 Å². The molecule has 0 saturated carbocycles. The topological polar surface area (TPSA) is 54.8 Å². The summed E-state index contributed by atoms with van der Waals surface area (Å²) in [7, 11) is 0. The Hall–Kier alpha value is -3.35. The van der Waals surface area contributed by atoms with Crippen LogP contribution in [0.2, 0.25) is 0 Å². The molecule has 2 heterocycles. The summed E-state index contributed by atoms with van der Waals surface area (Å²) < 4.78 is 12.3. The Bertz CT molecular complexity index is 1130.